The normalized spacial score (nSPS) is 12.1. The predicted octanol–water partition coefficient (Wildman–Crippen LogP) is 3.52. The van der Waals surface area contributed by atoms with Gasteiger partial charge in [0, 0.05) is 19.3 Å². The zero-order valence-electron chi connectivity index (χ0n) is 9.43. The maximum Gasteiger partial charge on any atom is 0.390 e. The van der Waals surface area contributed by atoms with Crippen molar-refractivity contribution in [2.24, 2.45) is 0 Å². The number of aromatic nitrogens is 2. The zero-order chi connectivity index (χ0) is 12.9. The van der Waals surface area contributed by atoms with Gasteiger partial charge in [-0.1, -0.05) is 6.92 Å². The average Bonchev–Trinajstić information content (AvgIpc) is 2.56. The Labute approximate surface area is 106 Å². The lowest BCUT2D eigenvalue weighted by Crippen LogP contribution is -2.12. The molecule has 17 heavy (non-hydrogen) atoms. The van der Waals surface area contributed by atoms with E-state index in [0.717, 1.165) is 6.42 Å². The van der Waals surface area contributed by atoms with Gasteiger partial charge in [-0.15, -0.1) is 0 Å². The number of alkyl halides is 3. The summed E-state index contributed by atoms with van der Waals surface area (Å²) in [7, 11) is 0. The molecule has 0 fully saturated rings. The topological polar surface area (TPSA) is 27.1 Å². The van der Waals surface area contributed by atoms with E-state index in [9.17, 15) is 13.2 Å². The molecule has 0 atom stereocenters. The quantitative estimate of drug-likeness (QED) is 0.751. The van der Waals surface area contributed by atoms with Crippen molar-refractivity contribution in [1.82, 2.24) is 9.78 Å². The van der Waals surface area contributed by atoms with Crippen molar-refractivity contribution < 1.29 is 17.9 Å². The van der Waals surface area contributed by atoms with Crippen LogP contribution >= 0.6 is 15.9 Å². The van der Waals surface area contributed by atoms with Gasteiger partial charge in [0.1, 0.15) is 5.69 Å². The van der Waals surface area contributed by atoms with E-state index < -0.39 is 12.6 Å². The summed E-state index contributed by atoms with van der Waals surface area (Å²) in [5, 5.41) is 4.03. The lowest BCUT2D eigenvalue weighted by atomic mass is 10.4. The standard InChI is InChI=1S/C10H14BrF3N2O/c1-2-5-17-7-9-8(11)6-16(15-9)4-3-10(12,13)14/h6H,2-5,7H2,1H3. The largest absolute Gasteiger partial charge is 0.390 e. The van der Waals surface area contributed by atoms with Crippen molar-refractivity contribution in [1.29, 1.82) is 0 Å². The Morgan fingerprint density at radius 3 is 2.76 bits per heavy atom. The van der Waals surface area contributed by atoms with Crippen molar-refractivity contribution in [3.63, 3.8) is 0 Å². The van der Waals surface area contributed by atoms with Gasteiger partial charge in [0.2, 0.25) is 0 Å². The second-order valence-corrected chi connectivity index (χ2v) is 4.46. The Kier molecular flexibility index (Phi) is 5.45. The van der Waals surface area contributed by atoms with E-state index in [0.29, 0.717) is 23.4 Å². The summed E-state index contributed by atoms with van der Waals surface area (Å²) in [5.41, 5.74) is 0.626. The summed E-state index contributed by atoms with van der Waals surface area (Å²) in [5.74, 6) is 0. The summed E-state index contributed by atoms with van der Waals surface area (Å²) in [6.07, 6.45) is -2.60. The van der Waals surface area contributed by atoms with Crippen LogP contribution in [0.4, 0.5) is 13.2 Å². The van der Waals surface area contributed by atoms with Crippen LogP contribution in [0.15, 0.2) is 10.7 Å². The minimum Gasteiger partial charge on any atom is -0.375 e. The molecule has 7 heteroatoms. The molecule has 98 valence electrons. The van der Waals surface area contributed by atoms with Crippen molar-refractivity contribution in [2.45, 2.75) is 39.1 Å². The van der Waals surface area contributed by atoms with E-state index in [1.54, 1.807) is 0 Å². The van der Waals surface area contributed by atoms with Crippen LogP contribution in [-0.4, -0.2) is 22.6 Å². The van der Waals surface area contributed by atoms with Crippen molar-refractivity contribution >= 4 is 15.9 Å². The van der Waals surface area contributed by atoms with Gasteiger partial charge in [-0.3, -0.25) is 4.68 Å². The number of rotatable bonds is 6. The van der Waals surface area contributed by atoms with Gasteiger partial charge in [-0.05, 0) is 22.4 Å². The highest BCUT2D eigenvalue weighted by Gasteiger charge is 2.26. The Balaban J connectivity index is 2.49. The van der Waals surface area contributed by atoms with Crippen LogP contribution in [0.3, 0.4) is 0 Å². The summed E-state index contributed by atoms with van der Waals surface area (Å²) >= 11 is 3.25. The van der Waals surface area contributed by atoms with Crippen molar-refractivity contribution in [3.05, 3.63) is 16.4 Å². The van der Waals surface area contributed by atoms with E-state index >= 15 is 0 Å². The van der Waals surface area contributed by atoms with Crippen LogP contribution in [0.1, 0.15) is 25.5 Å². The maximum atomic E-state index is 12.0. The van der Waals surface area contributed by atoms with Crippen LogP contribution in [0, 0.1) is 0 Å². The number of halogens is 4. The minimum absolute atomic E-state index is 0.171. The first-order valence-electron chi connectivity index (χ1n) is 5.28. The first kappa shape index (κ1) is 14.5. The Hall–Kier alpha value is -0.560. The highest BCUT2D eigenvalue weighted by molar-refractivity contribution is 9.10. The second kappa shape index (κ2) is 6.39. The summed E-state index contributed by atoms with van der Waals surface area (Å²) in [6.45, 7) is 2.74. The molecule has 3 nitrogen and oxygen atoms in total. The third-order valence-corrected chi connectivity index (χ3v) is 2.66. The monoisotopic (exact) mass is 314 g/mol. The molecule has 0 saturated carbocycles. The van der Waals surface area contributed by atoms with Gasteiger partial charge in [0.25, 0.3) is 0 Å². The minimum atomic E-state index is -4.16. The fraction of sp³-hybridized carbons (Fsp3) is 0.700. The SMILES string of the molecule is CCCOCc1nn(CCC(F)(F)F)cc1Br. The molecule has 0 unspecified atom stereocenters. The Morgan fingerprint density at radius 1 is 1.47 bits per heavy atom. The molecule has 1 aromatic heterocycles. The third-order valence-electron chi connectivity index (χ3n) is 2.00. The molecule has 0 aliphatic rings. The molecule has 0 aromatic carbocycles. The summed E-state index contributed by atoms with van der Waals surface area (Å²) < 4.78 is 43.3. The Morgan fingerprint density at radius 2 is 2.18 bits per heavy atom. The second-order valence-electron chi connectivity index (χ2n) is 3.60. The van der Waals surface area contributed by atoms with Crippen molar-refractivity contribution in [2.75, 3.05) is 6.61 Å². The lowest BCUT2D eigenvalue weighted by molar-refractivity contribution is -0.137. The fourth-order valence-electron chi connectivity index (χ4n) is 1.20. The van der Waals surface area contributed by atoms with Gasteiger partial charge >= 0.3 is 6.18 Å². The smallest absolute Gasteiger partial charge is 0.375 e. The van der Waals surface area contributed by atoms with Crippen LogP contribution in [0.25, 0.3) is 0 Å². The molecule has 0 aliphatic heterocycles. The number of hydrogen-bond acceptors (Lipinski definition) is 2. The van der Waals surface area contributed by atoms with Crippen LogP contribution in [0.2, 0.25) is 0 Å². The lowest BCUT2D eigenvalue weighted by Gasteiger charge is -2.05. The van der Waals surface area contributed by atoms with E-state index in [-0.39, 0.29) is 6.54 Å². The molecule has 0 amide bonds. The highest BCUT2D eigenvalue weighted by atomic mass is 79.9. The molecule has 0 N–H and O–H groups in total. The molecule has 1 heterocycles. The Bertz CT molecular complexity index is 352. The summed E-state index contributed by atoms with van der Waals surface area (Å²) in [6, 6.07) is 0. The first-order valence-corrected chi connectivity index (χ1v) is 6.08. The predicted molar refractivity (Wildman–Crippen MR) is 60.5 cm³/mol. The van der Waals surface area contributed by atoms with Crippen LogP contribution in [-0.2, 0) is 17.9 Å². The molecule has 0 saturated heterocycles. The van der Waals surface area contributed by atoms with E-state index in [4.69, 9.17) is 4.74 Å². The van der Waals surface area contributed by atoms with E-state index in [1.165, 1.54) is 10.9 Å². The van der Waals surface area contributed by atoms with Gasteiger partial charge in [-0.2, -0.15) is 18.3 Å². The van der Waals surface area contributed by atoms with Gasteiger partial charge in [0.05, 0.1) is 17.5 Å². The first-order chi connectivity index (χ1) is 7.92. The van der Waals surface area contributed by atoms with Crippen molar-refractivity contribution in [3.8, 4) is 0 Å². The van der Waals surface area contributed by atoms with E-state index in [1.807, 2.05) is 6.92 Å². The number of nitrogens with zero attached hydrogens (tertiary/aromatic N) is 2. The molecular weight excluding hydrogens is 301 g/mol. The fourth-order valence-corrected chi connectivity index (χ4v) is 1.63. The summed E-state index contributed by atoms with van der Waals surface area (Å²) in [4.78, 5) is 0. The molecule has 0 bridgehead atoms. The molecule has 1 aromatic rings. The number of ether oxygens (including phenoxy) is 1. The molecule has 0 spiro atoms. The zero-order valence-corrected chi connectivity index (χ0v) is 11.0. The third kappa shape index (κ3) is 5.54. The molecular formula is C10H14BrF3N2O. The number of aryl methyl sites for hydroxylation is 1. The number of hydrogen-bond donors (Lipinski definition) is 0. The van der Waals surface area contributed by atoms with Crippen LogP contribution < -0.4 is 0 Å². The highest BCUT2D eigenvalue weighted by Crippen LogP contribution is 2.21. The molecule has 0 radical (unpaired) electrons. The van der Waals surface area contributed by atoms with Crippen LogP contribution in [0.5, 0.6) is 0 Å². The molecule has 0 aliphatic carbocycles. The van der Waals surface area contributed by atoms with E-state index in [2.05, 4.69) is 21.0 Å². The molecule has 1 rings (SSSR count). The van der Waals surface area contributed by atoms with Gasteiger partial charge < -0.3 is 4.74 Å². The average molecular weight is 315 g/mol. The van der Waals surface area contributed by atoms with Gasteiger partial charge in [0.15, 0.2) is 0 Å². The van der Waals surface area contributed by atoms with Gasteiger partial charge in [-0.25, -0.2) is 0 Å². The maximum absolute atomic E-state index is 12.0.